The first-order valence-corrected chi connectivity index (χ1v) is 5.63. The minimum absolute atomic E-state index is 0.128. The lowest BCUT2D eigenvalue weighted by molar-refractivity contribution is -0.119. The second-order valence-corrected chi connectivity index (χ2v) is 4.09. The minimum Gasteiger partial charge on any atom is -0.389 e. The molecule has 0 heterocycles. The summed E-state index contributed by atoms with van der Waals surface area (Å²) in [5, 5.41) is 21.1. The van der Waals surface area contributed by atoms with Crippen molar-refractivity contribution in [3.8, 4) is 6.07 Å². The van der Waals surface area contributed by atoms with Crippen LogP contribution in [0.2, 0.25) is 0 Å². The zero-order chi connectivity index (χ0) is 13.7. The number of aliphatic hydroxyl groups is 1. The lowest BCUT2D eigenvalue weighted by Crippen LogP contribution is -2.33. The predicted molar refractivity (Wildman–Crippen MR) is 69.1 cm³/mol. The molecule has 0 saturated heterocycles. The second kappa shape index (κ2) is 6.03. The zero-order valence-electron chi connectivity index (χ0n) is 10.8. The molecule has 5 nitrogen and oxygen atoms in total. The number of nitrogens with zero attached hydrogens (tertiary/aromatic N) is 2. The van der Waals surface area contributed by atoms with E-state index in [-0.39, 0.29) is 12.5 Å². The van der Waals surface area contributed by atoms with Gasteiger partial charge in [-0.2, -0.15) is 5.26 Å². The van der Waals surface area contributed by atoms with E-state index < -0.39 is 6.10 Å². The van der Waals surface area contributed by atoms with Gasteiger partial charge in [-0.1, -0.05) is 6.07 Å². The molecule has 1 rings (SSSR count). The van der Waals surface area contributed by atoms with E-state index in [9.17, 15) is 9.90 Å². The molecule has 1 amide bonds. The van der Waals surface area contributed by atoms with Crippen LogP contribution in [0.4, 0.5) is 5.69 Å². The molecule has 0 bridgehead atoms. The van der Waals surface area contributed by atoms with Crippen LogP contribution in [0.3, 0.4) is 0 Å². The van der Waals surface area contributed by atoms with Crippen molar-refractivity contribution in [1.82, 2.24) is 5.32 Å². The molecule has 0 aliphatic heterocycles. The normalized spacial score (nSPS) is 11.5. The van der Waals surface area contributed by atoms with Crippen molar-refractivity contribution in [2.75, 3.05) is 25.5 Å². The van der Waals surface area contributed by atoms with E-state index in [0.29, 0.717) is 16.8 Å². The van der Waals surface area contributed by atoms with Crippen LogP contribution in [0.1, 0.15) is 24.2 Å². The van der Waals surface area contributed by atoms with E-state index >= 15 is 0 Å². The Labute approximate surface area is 107 Å². The molecule has 18 heavy (non-hydrogen) atoms. The fraction of sp³-hybridized carbons (Fsp3) is 0.385. The second-order valence-electron chi connectivity index (χ2n) is 4.09. The van der Waals surface area contributed by atoms with Gasteiger partial charge < -0.3 is 15.3 Å². The Hall–Kier alpha value is -2.06. The molecular formula is C13H17N3O2. The van der Waals surface area contributed by atoms with E-state index in [1.54, 1.807) is 44.1 Å². The molecule has 0 radical (unpaired) electrons. The summed E-state index contributed by atoms with van der Waals surface area (Å²) in [6.45, 7) is 1.82. The largest absolute Gasteiger partial charge is 0.389 e. The number of hydrogen-bond donors (Lipinski definition) is 2. The van der Waals surface area contributed by atoms with Gasteiger partial charge in [0.05, 0.1) is 24.3 Å². The van der Waals surface area contributed by atoms with E-state index in [0.717, 1.165) is 0 Å². The first kappa shape index (κ1) is 14.0. The molecule has 0 saturated carbocycles. The molecular weight excluding hydrogens is 230 g/mol. The highest BCUT2D eigenvalue weighted by molar-refractivity contribution is 5.81. The molecule has 5 heteroatoms. The van der Waals surface area contributed by atoms with Gasteiger partial charge in [0.25, 0.3) is 0 Å². The summed E-state index contributed by atoms with van der Waals surface area (Å²) in [5.41, 5.74) is 1.88. The van der Waals surface area contributed by atoms with E-state index in [4.69, 9.17) is 5.26 Å². The molecule has 1 aromatic rings. The van der Waals surface area contributed by atoms with Crippen molar-refractivity contribution < 1.29 is 9.90 Å². The summed E-state index contributed by atoms with van der Waals surface area (Å²) >= 11 is 0. The highest BCUT2D eigenvalue weighted by Crippen LogP contribution is 2.26. The SMILES string of the molecule is CNC(=O)CN(C)c1cc(C#N)ccc1[C@H](C)O. The summed E-state index contributed by atoms with van der Waals surface area (Å²) in [6.07, 6.45) is -0.653. The number of carbonyl (C=O) groups is 1. The van der Waals surface area contributed by atoms with Gasteiger partial charge in [0.2, 0.25) is 5.91 Å². The maximum atomic E-state index is 11.4. The van der Waals surface area contributed by atoms with Crippen molar-refractivity contribution in [2.24, 2.45) is 0 Å². The van der Waals surface area contributed by atoms with Gasteiger partial charge in [0, 0.05) is 25.3 Å². The number of nitriles is 1. The first-order chi connectivity index (χ1) is 8.49. The van der Waals surface area contributed by atoms with Crippen LogP contribution in [-0.4, -0.2) is 31.7 Å². The topological polar surface area (TPSA) is 76.4 Å². The van der Waals surface area contributed by atoms with Gasteiger partial charge in [-0.3, -0.25) is 4.79 Å². The summed E-state index contributed by atoms with van der Waals surface area (Å²) in [5.74, 6) is -0.128. The van der Waals surface area contributed by atoms with Crippen LogP contribution < -0.4 is 10.2 Å². The van der Waals surface area contributed by atoms with Gasteiger partial charge in [-0.05, 0) is 19.1 Å². The summed E-state index contributed by atoms with van der Waals surface area (Å²) in [6, 6.07) is 7.08. The molecule has 0 aliphatic carbocycles. The Morgan fingerprint density at radius 1 is 1.61 bits per heavy atom. The number of carbonyl (C=O) groups excluding carboxylic acids is 1. The van der Waals surface area contributed by atoms with Gasteiger partial charge in [-0.15, -0.1) is 0 Å². The number of anilines is 1. The summed E-state index contributed by atoms with van der Waals surface area (Å²) < 4.78 is 0. The number of nitrogens with one attached hydrogen (secondary N) is 1. The van der Waals surface area contributed by atoms with Crippen LogP contribution in [-0.2, 0) is 4.79 Å². The molecule has 1 atom stereocenters. The maximum absolute atomic E-state index is 11.4. The molecule has 0 aliphatic rings. The highest BCUT2D eigenvalue weighted by atomic mass is 16.3. The van der Waals surface area contributed by atoms with Gasteiger partial charge >= 0.3 is 0 Å². The zero-order valence-corrected chi connectivity index (χ0v) is 10.8. The van der Waals surface area contributed by atoms with Crippen molar-refractivity contribution in [3.63, 3.8) is 0 Å². The van der Waals surface area contributed by atoms with E-state index in [1.165, 1.54) is 0 Å². The Balaban J connectivity index is 3.11. The number of rotatable bonds is 4. The van der Waals surface area contributed by atoms with Crippen LogP contribution in [0.15, 0.2) is 18.2 Å². The monoisotopic (exact) mass is 247 g/mol. The third kappa shape index (κ3) is 3.22. The smallest absolute Gasteiger partial charge is 0.239 e. The molecule has 2 N–H and O–H groups in total. The molecule has 0 spiro atoms. The van der Waals surface area contributed by atoms with Gasteiger partial charge in [0.15, 0.2) is 0 Å². The average molecular weight is 247 g/mol. The molecule has 0 fully saturated rings. The van der Waals surface area contributed by atoms with E-state index in [2.05, 4.69) is 5.32 Å². The van der Waals surface area contributed by atoms with Crippen molar-refractivity contribution in [2.45, 2.75) is 13.0 Å². The maximum Gasteiger partial charge on any atom is 0.239 e. The quantitative estimate of drug-likeness (QED) is 0.825. The highest BCUT2D eigenvalue weighted by Gasteiger charge is 2.14. The van der Waals surface area contributed by atoms with E-state index in [1.807, 2.05) is 6.07 Å². The Morgan fingerprint density at radius 2 is 2.28 bits per heavy atom. The molecule has 1 aromatic carbocycles. The number of hydrogen-bond acceptors (Lipinski definition) is 4. The Morgan fingerprint density at radius 3 is 2.78 bits per heavy atom. The summed E-state index contributed by atoms with van der Waals surface area (Å²) in [4.78, 5) is 13.1. The van der Waals surface area contributed by atoms with Crippen molar-refractivity contribution in [1.29, 1.82) is 5.26 Å². The van der Waals surface area contributed by atoms with Gasteiger partial charge in [0.1, 0.15) is 0 Å². The number of amides is 1. The third-order valence-electron chi connectivity index (χ3n) is 2.68. The van der Waals surface area contributed by atoms with Crippen molar-refractivity contribution >= 4 is 11.6 Å². The lowest BCUT2D eigenvalue weighted by atomic mass is 10.0. The minimum atomic E-state index is -0.653. The fourth-order valence-electron chi connectivity index (χ4n) is 1.68. The molecule has 0 unspecified atom stereocenters. The number of benzene rings is 1. The van der Waals surface area contributed by atoms with Gasteiger partial charge in [-0.25, -0.2) is 0 Å². The van der Waals surface area contributed by atoms with Crippen LogP contribution in [0, 0.1) is 11.3 Å². The van der Waals surface area contributed by atoms with Crippen LogP contribution >= 0.6 is 0 Å². The first-order valence-electron chi connectivity index (χ1n) is 5.63. The van der Waals surface area contributed by atoms with Crippen LogP contribution in [0.5, 0.6) is 0 Å². The third-order valence-corrected chi connectivity index (χ3v) is 2.68. The lowest BCUT2D eigenvalue weighted by Gasteiger charge is -2.23. The average Bonchev–Trinajstić information content (AvgIpc) is 2.37. The summed E-state index contributed by atoms with van der Waals surface area (Å²) in [7, 11) is 3.31. The van der Waals surface area contributed by atoms with Crippen LogP contribution in [0.25, 0.3) is 0 Å². The standard InChI is InChI=1S/C13H17N3O2/c1-9(17)11-5-4-10(7-14)6-12(11)16(3)8-13(18)15-2/h4-6,9,17H,8H2,1-3H3,(H,15,18)/t9-/m0/s1. The number of aliphatic hydroxyl groups excluding tert-OH is 1. The Kier molecular flexibility index (Phi) is 4.69. The Bertz CT molecular complexity index is 478. The van der Waals surface area contributed by atoms with Crippen molar-refractivity contribution in [3.05, 3.63) is 29.3 Å². The predicted octanol–water partition coefficient (Wildman–Crippen LogP) is 0.794. The molecule has 0 aromatic heterocycles. The number of likely N-dealkylation sites (N-methyl/N-ethyl adjacent to an activating group) is 2. The fourth-order valence-corrected chi connectivity index (χ4v) is 1.68. The molecule has 96 valence electrons.